The lowest BCUT2D eigenvalue weighted by Gasteiger charge is -2.35. The van der Waals surface area contributed by atoms with Gasteiger partial charge in [-0.2, -0.15) is 0 Å². The molecule has 0 aliphatic carbocycles. The predicted molar refractivity (Wildman–Crippen MR) is 72.3 cm³/mol. The summed E-state index contributed by atoms with van der Waals surface area (Å²) in [5.41, 5.74) is 1.14. The van der Waals surface area contributed by atoms with Crippen LogP contribution in [-0.2, 0) is 6.54 Å². The first-order chi connectivity index (χ1) is 8.78. The van der Waals surface area contributed by atoms with Gasteiger partial charge in [0.05, 0.1) is 11.8 Å². The molecular weight excluding hydrogens is 226 g/mol. The van der Waals surface area contributed by atoms with Crippen molar-refractivity contribution in [2.75, 3.05) is 32.7 Å². The molecule has 1 aliphatic rings. The molecule has 1 unspecified atom stereocenters. The molecule has 1 atom stereocenters. The average Bonchev–Trinajstić information content (AvgIpc) is 2.42. The van der Waals surface area contributed by atoms with Gasteiger partial charge in [0.15, 0.2) is 0 Å². The third kappa shape index (κ3) is 4.05. The quantitative estimate of drug-likeness (QED) is 0.844. The van der Waals surface area contributed by atoms with Crippen LogP contribution >= 0.6 is 0 Å². The smallest absolute Gasteiger partial charge is 0.0664 e. The number of hydrogen-bond acceptors (Lipinski definition) is 4. The molecule has 0 spiro atoms. The van der Waals surface area contributed by atoms with Gasteiger partial charge >= 0.3 is 0 Å². The van der Waals surface area contributed by atoms with Crippen molar-refractivity contribution in [3.63, 3.8) is 0 Å². The number of hydrogen-bond donors (Lipinski definition) is 1. The highest BCUT2D eigenvalue weighted by molar-refractivity contribution is 5.03. The second-order valence-corrected chi connectivity index (χ2v) is 4.96. The lowest BCUT2D eigenvalue weighted by Crippen LogP contribution is -2.48. The summed E-state index contributed by atoms with van der Waals surface area (Å²) in [6, 6.07) is 6.07. The second kappa shape index (κ2) is 6.83. The summed E-state index contributed by atoms with van der Waals surface area (Å²) in [5, 5.41) is 9.65. The van der Waals surface area contributed by atoms with Crippen LogP contribution in [-0.4, -0.2) is 58.7 Å². The Labute approximate surface area is 109 Å². The zero-order chi connectivity index (χ0) is 12.8. The van der Waals surface area contributed by atoms with Crippen LogP contribution in [0.5, 0.6) is 0 Å². The van der Waals surface area contributed by atoms with Crippen molar-refractivity contribution in [2.45, 2.75) is 26.0 Å². The van der Waals surface area contributed by atoms with Gasteiger partial charge in [0.25, 0.3) is 0 Å². The molecular formula is C14H23N3O. The molecule has 1 aromatic heterocycles. The molecule has 0 amide bonds. The van der Waals surface area contributed by atoms with E-state index >= 15 is 0 Å². The molecule has 4 heteroatoms. The highest BCUT2D eigenvalue weighted by atomic mass is 16.3. The van der Waals surface area contributed by atoms with Gasteiger partial charge in [0.2, 0.25) is 0 Å². The molecule has 1 aromatic rings. The molecule has 1 saturated heterocycles. The fourth-order valence-electron chi connectivity index (χ4n) is 2.28. The molecule has 0 bridgehead atoms. The van der Waals surface area contributed by atoms with Crippen molar-refractivity contribution in [3.05, 3.63) is 30.1 Å². The number of pyridine rings is 1. The van der Waals surface area contributed by atoms with E-state index in [-0.39, 0.29) is 6.10 Å². The summed E-state index contributed by atoms with van der Waals surface area (Å²) >= 11 is 0. The normalized spacial score (nSPS) is 19.9. The molecule has 1 aliphatic heterocycles. The summed E-state index contributed by atoms with van der Waals surface area (Å²) in [4.78, 5) is 9.14. The third-order valence-electron chi connectivity index (χ3n) is 3.52. The Kier molecular flexibility index (Phi) is 5.11. The van der Waals surface area contributed by atoms with Crippen molar-refractivity contribution in [1.29, 1.82) is 0 Å². The Morgan fingerprint density at radius 2 is 1.94 bits per heavy atom. The number of piperazine rings is 1. The van der Waals surface area contributed by atoms with E-state index in [1.807, 2.05) is 25.3 Å². The summed E-state index contributed by atoms with van der Waals surface area (Å²) in [7, 11) is 0. The van der Waals surface area contributed by atoms with Crippen LogP contribution in [0.3, 0.4) is 0 Å². The van der Waals surface area contributed by atoms with Crippen molar-refractivity contribution in [1.82, 2.24) is 14.8 Å². The topological polar surface area (TPSA) is 39.6 Å². The van der Waals surface area contributed by atoms with E-state index in [2.05, 4.69) is 20.9 Å². The van der Waals surface area contributed by atoms with E-state index in [0.717, 1.165) is 51.4 Å². The number of rotatable bonds is 5. The standard InChI is InChI=1S/C14H23N3O/c1-2-14(18)12-17-9-7-16(8-10-17)11-13-5-3-4-6-15-13/h3-6,14,18H,2,7-12H2,1H3. The van der Waals surface area contributed by atoms with Crippen LogP contribution in [0.25, 0.3) is 0 Å². The molecule has 0 saturated carbocycles. The van der Waals surface area contributed by atoms with Crippen LogP contribution in [0.2, 0.25) is 0 Å². The van der Waals surface area contributed by atoms with Gasteiger partial charge in [0, 0.05) is 45.5 Å². The number of aliphatic hydroxyl groups is 1. The monoisotopic (exact) mass is 249 g/mol. The maximum absolute atomic E-state index is 9.65. The predicted octanol–water partition coefficient (Wildman–Crippen LogP) is 0.970. The van der Waals surface area contributed by atoms with E-state index in [4.69, 9.17) is 0 Å². The van der Waals surface area contributed by atoms with Crippen LogP contribution in [0.15, 0.2) is 24.4 Å². The number of aliphatic hydroxyl groups excluding tert-OH is 1. The lowest BCUT2D eigenvalue weighted by molar-refractivity contribution is 0.0683. The zero-order valence-corrected chi connectivity index (χ0v) is 11.1. The summed E-state index contributed by atoms with van der Waals surface area (Å²) in [6.45, 7) is 7.99. The molecule has 2 heterocycles. The van der Waals surface area contributed by atoms with Crippen LogP contribution in [0.1, 0.15) is 19.0 Å². The van der Waals surface area contributed by atoms with Crippen molar-refractivity contribution in [3.8, 4) is 0 Å². The average molecular weight is 249 g/mol. The van der Waals surface area contributed by atoms with E-state index < -0.39 is 0 Å². The summed E-state index contributed by atoms with van der Waals surface area (Å²) in [5.74, 6) is 0. The molecule has 1 N–H and O–H groups in total. The highest BCUT2D eigenvalue weighted by Gasteiger charge is 2.18. The first-order valence-electron chi connectivity index (χ1n) is 6.80. The second-order valence-electron chi connectivity index (χ2n) is 4.96. The Bertz CT molecular complexity index is 336. The van der Waals surface area contributed by atoms with Crippen molar-refractivity contribution < 1.29 is 5.11 Å². The summed E-state index contributed by atoms with van der Waals surface area (Å²) < 4.78 is 0. The Hall–Kier alpha value is -0.970. The minimum absolute atomic E-state index is 0.174. The molecule has 0 aromatic carbocycles. The molecule has 0 radical (unpaired) electrons. The minimum Gasteiger partial charge on any atom is -0.392 e. The largest absolute Gasteiger partial charge is 0.392 e. The molecule has 100 valence electrons. The molecule has 1 fully saturated rings. The Balaban J connectivity index is 1.73. The SMILES string of the molecule is CCC(O)CN1CCN(Cc2ccccn2)CC1. The molecule has 2 rings (SSSR count). The number of β-amino-alcohol motifs (C(OH)–C–C–N with tert-alkyl or cyclic N) is 1. The first-order valence-corrected chi connectivity index (χ1v) is 6.80. The van der Waals surface area contributed by atoms with Crippen LogP contribution in [0, 0.1) is 0 Å². The third-order valence-corrected chi connectivity index (χ3v) is 3.52. The fraction of sp³-hybridized carbons (Fsp3) is 0.643. The van der Waals surface area contributed by atoms with Gasteiger partial charge in [-0.05, 0) is 18.6 Å². The Morgan fingerprint density at radius 1 is 1.22 bits per heavy atom. The van der Waals surface area contributed by atoms with Crippen molar-refractivity contribution in [2.24, 2.45) is 0 Å². The van der Waals surface area contributed by atoms with Gasteiger partial charge in [-0.25, -0.2) is 0 Å². The maximum atomic E-state index is 9.65. The van der Waals surface area contributed by atoms with E-state index in [1.165, 1.54) is 0 Å². The van der Waals surface area contributed by atoms with Gasteiger partial charge in [-0.3, -0.25) is 14.8 Å². The zero-order valence-electron chi connectivity index (χ0n) is 11.1. The van der Waals surface area contributed by atoms with Crippen LogP contribution < -0.4 is 0 Å². The van der Waals surface area contributed by atoms with E-state index in [0.29, 0.717) is 0 Å². The molecule has 18 heavy (non-hydrogen) atoms. The number of nitrogens with zero attached hydrogens (tertiary/aromatic N) is 3. The highest BCUT2D eigenvalue weighted by Crippen LogP contribution is 2.07. The van der Waals surface area contributed by atoms with Crippen LogP contribution in [0.4, 0.5) is 0 Å². The first kappa shape index (κ1) is 13.5. The van der Waals surface area contributed by atoms with Crippen molar-refractivity contribution >= 4 is 0 Å². The fourth-order valence-corrected chi connectivity index (χ4v) is 2.28. The Morgan fingerprint density at radius 3 is 2.56 bits per heavy atom. The van der Waals surface area contributed by atoms with E-state index in [1.54, 1.807) is 0 Å². The van der Waals surface area contributed by atoms with Gasteiger partial charge < -0.3 is 5.11 Å². The van der Waals surface area contributed by atoms with Gasteiger partial charge in [-0.15, -0.1) is 0 Å². The minimum atomic E-state index is -0.174. The van der Waals surface area contributed by atoms with Gasteiger partial charge in [-0.1, -0.05) is 13.0 Å². The molecule has 4 nitrogen and oxygen atoms in total. The van der Waals surface area contributed by atoms with Gasteiger partial charge in [0.1, 0.15) is 0 Å². The summed E-state index contributed by atoms with van der Waals surface area (Å²) in [6.07, 6.45) is 2.52. The van der Waals surface area contributed by atoms with E-state index in [9.17, 15) is 5.11 Å². The lowest BCUT2D eigenvalue weighted by atomic mass is 10.2. The maximum Gasteiger partial charge on any atom is 0.0664 e. The number of aromatic nitrogens is 1.